The van der Waals surface area contributed by atoms with E-state index < -0.39 is 30.0 Å². The Morgan fingerprint density at radius 3 is 1.15 bits per heavy atom. The van der Waals surface area contributed by atoms with Crippen LogP contribution in [0.5, 0.6) is 0 Å². The number of carbonyl (C=O) groups is 4. The van der Waals surface area contributed by atoms with Gasteiger partial charge >= 0.3 is 5.97 Å². The number of rotatable bonds is 2. The van der Waals surface area contributed by atoms with E-state index in [1.807, 2.05) is 0 Å². The van der Waals surface area contributed by atoms with Crippen LogP contribution in [-0.2, 0) is 23.9 Å². The van der Waals surface area contributed by atoms with Crippen molar-refractivity contribution in [2.75, 3.05) is 6.61 Å². The fraction of sp³-hybridized carbons (Fsp3) is 0.636. The van der Waals surface area contributed by atoms with Crippen molar-refractivity contribution in [2.45, 2.75) is 40.7 Å². The van der Waals surface area contributed by atoms with Crippen LogP contribution in [-0.4, -0.2) is 57.0 Å². The molecule has 9 nitrogen and oxygen atoms in total. The molecule has 0 heterocycles. The van der Waals surface area contributed by atoms with E-state index in [0.29, 0.717) is 6.61 Å². The van der Waals surface area contributed by atoms with Gasteiger partial charge in [0.15, 0.2) is 0 Å². The summed E-state index contributed by atoms with van der Waals surface area (Å²) in [6.07, 6.45) is -0.991. The molecular weight excluding hydrogens is 276 g/mol. The molecular formula is C11H22O9. The Kier molecular flexibility index (Phi) is 25.3. The second-order valence-corrected chi connectivity index (χ2v) is 2.99. The van der Waals surface area contributed by atoms with Gasteiger partial charge in [0.2, 0.25) is 0 Å². The van der Waals surface area contributed by atoms with Crippen molar-refractivity contribution < 1.29 is 44.3 Å². The summed E-state index contributed by atoms with van der Waals surface area (Å²) in [7, 11) is 0. The average molecular weight is 298 g/mol. The van der Waals surface area contributed by atoms with E-state index in [1.54, 1.807) is 6.92 Å². The minimum Gasteiger partial charge on any atom is -0.481 e. The number of carboxylic acids is 3. The number of carbonyl (C=O) groups excluding carboxylic acids is 1. The first kappa shape index (κ1) is 26.4. The molecule has 1 unspecified atom stereocenters. The summed E-state index contributed by atoms with van der Waals surface area (Å²) in [5, 5.41) is 30.7. The van der Waals surface area contributed by atoms with E-state index in [-0.39, 0.29) is 0 Å². The van der Waals surface area contributed by atoms with Crippen LogP contribution in [0.25, 0.3) is 0 Å². The Hall–Kier alpha value is -2.16. The van der Waals surface area contributed by atoms with Crippen molar-refractivity contribution in [3.05, 3.63) is 0 Å². The number of aliphatic hydroxyl groups excluding tert-OH is 1. The van der Waals surface area contributed by atoms with Crippen LogP contribution in [0, 0.1) is 0 Å². The van der Waals surface area contributed by atoms with E-state index in [1.165, 1.54) is 6.92 Å². The fourth-order valence-electron chi connectivity index (χ4n) is 0.263. The first-order chi connectivity index (χ1) is 8.88. The molecule has 0 radical (unpaired) electrons. The zero-order valence-corrected chi connectivity index (χ0v) is 12.1. The molecule has 120 valence electrons. The van der Waals surface area contributed by atoms with E-state index in [2.05, 4.69) is 4.74 Å². The molecule has 0 aromatic heterocycles. The van der Waals surface area contributed by atoms with Gasteiger partial charge in [-0.15, -0.1) is 0 Å². The largest absolute Gasteiger partial charge is 0.481 e. The highest BCUT2D eigenvalue weighted by atomic mass is 16.5. The number of aliphatic hydroxyl groups is 1. The summed E-state index contributed by atoms with van der Waals surface area (Å²) < 4.78 is 4.41. The Labute approximate surface area is 116 Å². The predicted octanol–water partition coefficient (Wildman–Crippen LogP) is 0.203. The van der Waals surface area contributed by atoms with Crippen molar-refractivity contribution in [3.63, 3.8) is 0 Å². The summed E-state index contributed by atoms with van der Waals surface area (Å²) in [4.78, 5) is 37.3. The third-order valence-electron chi connectivity index (χ3n) is 0.628. The molecule has 0 spiro atoms. The molecule has 0 aliphatic heterocycles. The Morgan fingerprint density at radius 2 is 1.10 bits per heavy atom. The number of hydrogen-bond donors (Lipinski definition) is 4. The van der Waals surface area contributed by atoms with Gasteiger partial charge in [-0.1, -0.05) is 0 Å². The molecule has 0 aliphatic carbocycles. The van der Waals surface area contributed by atoms with Crippen molar-refractivity contribution in [1.29, 1.82) is 0 Å². The van der Waals surface area contributed by atoms with Gasteiger partial charge in [0.1, 0.15) is 6.10 Å². The monoisotopic (exact) mass is 298 g/mol. The first-order valence-corrected chi connectivity index (χ1v) is 5.31. The van der Waals surface area contributed by atoms with Crippen molar-refractivity contribution >= 4 is 23.9 Å². The lowest BCUT2D eigenvalue weighted by atomic mass is 10.4. The smallest absolute Gasteiger partial charge is 0.334 e. The van der Waals surface area contributed by atoms with E-state index >= 15 is 0 Å². The second kappa shape index (κ2) is 19.2. The van der Waals surface area contributed by atoms with Crippen LogP contribution in [0.1, 0.15) is 34.6 Å². The zero-order valence-electron chi connectivity index (χ0n) is 12.1. The molecule has 0 aromatic carbocycles. The summed E-state index contributed by atoms with van der Waals surface area (Å²) in [5.74, 6) is -3.06. The molecule has 4 N–H and O–H groups in total. The average Bonchev–Trinajstić information content (AvgIpc) is 2.14. The highest BCUT2D eigenvalue weighted by molar-refractivity contribution is 5.73. The van der Waals surface area contributed by atoms with Crippen molar-refractivity contribution in [1.82, 2.24) is 0 Å². The normalized spacial score (nSPS) is 8.90. The summed E-state index contributed by atoms with van der Waals surface area (Å²) >= 11 is 0. The molecule has 1 atom stereocenters. The number of carboxylic acid groups (broad SMARTS) is 3. The molecule has 0 aliphatic rings. The summed E-state index contributed by atoms with van der Waals surface area (Å²) in [6.45, 7) is 6.64. The Balaban J connectivity index is -0.0000000917. The molecule has 0 fully saturated rings. The van der Waals surface area contributed by atoms with Crippen LogP contribution >= 0.6 is 0 Å². The highest BCUT2D eigenvalue weighted by Gasteiger charge is 2.07. The van der Waals surface area contributed by atoms with Crippen LogP contribution in [0.3, 0.4) is 0 Å². The maximum Gasteiger partial charge on any atom is 0.334 e. The van der Waals surface area contributed by atoms with Gasteiger partial charge < -0.3 is 25.2 Å². The summed E-state index contributed by atoms with van der Waals surface area (Å²) in [6, 6.07) is 0. The number of esters is 1. The second-order valence-electron chi connectivity index (χ2n) is 2.99. The third kappa shape index (κ3) is 149. The minimum atomic E-state index is -0.991. The zero-order chi connectivity index (χ0) is 17.3. The van der Waals surface area contributed by atoms with Crippen LogP contribution in [0.15, 0.2) is 0 Å². The van der Waals surface area contributed by atoms with E-state index in [4.69, 9.17) is 34.8 Å². The lowest BCUT2D eigenvalue weighted by molar-refractivity contribution is -0.152. The number of hydrogen-bond acceptors (Lipinski definition) is 6. The maximum absolute atomic E-state index is 10.3. The lowest BCUT2D eigenvalue weighted by Gasteiger charge is -2.01. The van der Waals surface area contributed by atoms with Crippen LogP contribution in [0.4, 0.5) is 0 Å². The van der Waals surface area contributed by atoms with Crippen molar-refractivity contribution in [2.24, 2.45) is 0 Å². The SMILES string of the molecule is CC(=O)O.CC(=O)O.CC(=O)O.CCOC(=O)C(C)O. The van der Waals surface area contributed by atoms with Gasteiger partial charge in [-0.25, -0.2) is 4.79 Å². The first-order valence-electron chi connectivity index (χ1n) is 5.31. The molecule has 0 rings (SSSR count). The number of ether oxygens (including phenoxy) is 1. The standard InChI is InChI=1S/C5H10O3.3C2H4O2/c1-3-8-5(7)4(2)6;3*1-2(3)4/h4,6H,3H2,1-2H3;3*1H3,(H,3,4). The lowest BCUT2D eigenvalue weighted by Crippen LogP contribution is -2.18. The molecule has 0 bridgehead atoms. The van der Waals surface area contributed by atoms with Gasteiger partial charge in [0.25, 0.3) is 17.9 Å². The molecule has 0 saturated carbocycles. The molecule has 0 aromatic rings. The fourth-order valence-corrected chi connectivity index (χ4v) is 0.263. The molecule has 9 heteroatoms. The van der Waals surface area contributed by atoms with Crippen LogP contribution in [0.2, 0.25) is 0 Å². The van der Waals surface area contributed by atoms with Crippen molar-refractivity contribution in [3.8, 4) is 0 Å². The topological polar surface area (TPSA) is 158 Å². The minimum absolute atomic E-state index is 0.323. The van der Waals surface area contributed by atoms with Gasteiger partial charge in [-0.05, 0) is 13.8 Å². The molecule has 20 heavy (non-hydrogen) atoms. The molecule has 0 amide bonds. The number of aliphatic carboxylic acids is 3. The third-order valence-corrected chi connectivity index (χ3v) is 0.628. The Morgan fingerprint density at radius 1 is 0.900 bits per heavy atom. The van der Waals surface area contributed by atoms with Gasteiger partial charge in [-0.2, -0.15) is 0 Å². The predicted molar refractivity (Wildman–Crippen MR) is 68.2 cm³/mol. The maximum atomic E-state index is 10.3. The van der Waals surface area contributed by atoms with E-state index in [9.17, 15) is 4.79 Å². The highest BCUT2D eigenvalue weighted by Crippen LogP contribution is 1.84. The Bertz CT molecular complexity index is 243. The van der Waals surface area contributed by atoms with Gasteiger partial charge in [0.05, 0.1) is 6.61 Å². The summed E-state index contributed by atoms with van der Waals surface area (Å²) in [5.41, 5.74) is 0. The van der Waals surface area contributed by atoms with E-state index in [0.717, 1.165) is 20.8 Å². The molecule has 0 saturated heterocycles. The van der Waals surface area contributed by atoms with Gasteiger partial charge in [0, 0.05) is 20.8 Å². The van der Waals surface area contributed by atoms with Gasteiger partial charge in [-0.3, -0.25) is 14.4 Å². The quantitative estimate of drug-likeness (QED) is 0.522. The van der Waals surface area contributed by atoms with Crippen LogP contribution < -0.4 is 0 Å².